The molecule has 0 aromatic heterocycles. The number of carboxylic acids is 1. The number of rotatable bonds is 2. The molecule has 1 aliphatic carbocycles. The molecule has 4 nitrogen and oxygen atoms in total. The van der Waals surface area contributed by atoms with E-state index in [1.54, 1.807) is 0 Å². The van der Waals surface area contributed by atoms with E-state index in [1.807, 2.05) is 4.90 Å². The molecule has 1 aliphatic heterocycles. The third-order valence-electron chi connectivity index (χ3n) is 3.90. The van der Waals surface area contributed by atoms with E-state index in [0.29, 0.717) is 19.0 Å². The monoisotopic (exact) mass is 227 g/mol. The van der Waals surface area contributed by atoms with Crippen molar-refractivity contribution in [2.75, 3.05) is 6.54 Å². The predicted molar refractivity (Wildman–Crippen MR) is 60.2 cm³/mol. The van der Waals surface area contributed by atoms with Crippen molar-refractivity contribution < 1.29 is 15.0 Å². The molecule has 1 heterocycles. The summed E-state index contributed by atoms with van der Waals surface area (Å²) >= 11 is 0. The molecule has 0 aromatic carbocycles. The van der Waals surface area contributed by atoms with Crippen molar-refractivity contribution in [1.82, 2.24) is 4.90 Å². The summed E-state index contributed by atoms with van der Waals surface area (Å²) < 4.78 is 0. The molecule has 92 valence electrons. The van der Waals surface area contributed by atoms with Gasteiger partial charge in [-0.3, -0.25) is 9.69 Å². The van der Waals surface area contributed by atoms with Crippen molar-refractivity contribution in [2.45, 2.75) is 63.1 Å². The maximum atomic E-state index is 11.1. The molecule has 2 rings (SSSR count). The number of nitrogens with zero attached hydrogens (tertiary/aromatic N) is 1. The van der Waals surface area contributed by atoms with Crippen molar-refractivity contribution in [3.63, 3.8) is 0 Å². The SMILES string of the molecule is O=C(O)C1CC(O)CN1C1CCCCCC1. The van der Waals surface area contributed by atoms with Gasteiger partial charge in [-0.05, 0) is 12.8 Å². The van der Waals surface area contributed by atoms with Gasteiger partial charge in [0.1, 0.15) is 6.04 Å². The van der Waals surface area contributed by atoms with Gasteiger partial charge in [0.05, 0.1) is 6.10 Å². The second-order valence-corrected chi connectivity index (χ2v) is 5.09. The molecule has 2 aliphatic rings. The van der Waals surface area contributed by atoms with Crippen LogP contribution in [0.25, 0.3) is 0 Å². The van der Waals surface area contributed by atoms with E-state index >= 15 is 0 Å². The highest BCUT2D eigenvalue weighted by Gasteiger charge is 2.39. The molecule has 2 unspecified atom stereocenters. The van der Waals surface area contributed by atoms with Gasteiger partial charge in [-0.2, -0.15) is 0 Å². The number of carboxylic acid groups (broad SMARTS) is 1. The Hall–Kier alpha value is -0.610. The zero-order chi connectivity index (χ0) is 11.5. The summed E-state index contributed by atoms with van der Waals surface area (Å²) in [6.07, 6.45) is 7.06. The van der Waals surface area contributed by atoms with Gasteiger partial charge in [-0.1, -0.05) is 25.7 Å². The number of β-amino-alcohol motifs (C(OH)–C–C–N with tert-alkyl or cyclic N) is 1. The third-order valence-corrected chi connectivity index (χ3v) is 3.90. The summed E-state index contributed by atoms with van der Waals surface area (Å²) in [7, 11) is 0. The van der Waals surface area contributed by atoms with Crippen LogP contribution in [0.5, 0.6) is 0 Å². The smallest absolute Gasteiger partial charge is 0.321 e. The van der Waals surface area contributed by atoms with Gasteiger partial charge in [0.2, 0.25) is 0 Å². The Morgan fingerprint density at radius 2 is 1.75 bits per heavy atom. The number of carbonyl (C=O) groups is 1. The number of likely N-dealkylation sites (tertiary alicyclic amines) is 1. The maximum absolute atomic E-state index is 11.1. The van der Waals surface area contributed by atoms with Crippen LogP contribution in [0.15, 0.2) is 0 Å². The number of hydrogen-bond acceptors (Lipinski definition) is 3. The molecule has 1 saturated heterocycles. The molecule has 2 N–H and O–H groups in total. The lowest BCUT2D eigenvalue weighted by Gasteiger charge is -2.30. The molecule has 0 aromatic rings. The summed E-state index contributed by atoms with van der Waals surface area (Å²) in [5.74, 6) is -0.777. The van der Waals surface area contributed by atoms with E-state index in [1.165, 1.54) is 25.7 Å². The standard InChI is InChI=1S/C12H21NO3/c14-10-7-11(12(15)16)13(8-10)9-5-3-1-2-4-6-9/h9-11,14H,1-8H2,(H,15,16). The van der Waals surface area contributed by atoms with Crippen molar-refractivity contribution in [1.29, 1.82) is 0 Å². The predicted octanol–water partition coefficient (Wildman–Crippen LogP) is 1.23. The minimum atomic E-state index is -0.777. The van der Waals surface area contributed by atoms with Gasteiger partial charge >= 0.3 is 5.97 Å². The van der Waals surface area contributed by atoms with Crippen molar-refractivity contribution in [3.8, 4) is 0 Å². The Balaban J connectivity index is 2.02. The van der Waals surface area contributed by atoms with Crippen molar-refractivity contribution >= 4 is 5.97 Å². The zero-order valence-corrected chi connectivity index (χ0v) is 9.64. The molecule has 1 saturated carbocycles. The zero-order valence-electron chi connectivity index (χ0n) is 9.64. The number of aliphatic hydroxyl groups excluding tert-OH is 1. The second kappa shape index (κ2) is 5.15. The Morgan fingerprint density at radius 3 is 2.31 bits per heavy atom. The van der Waals surface area contributed by atoms with Crippen molar-refractivity contribution in [2.24, 2.45) is 0 Å². The van der Waals surface area contributed by atoms with Gasteiger partial charge in [-0.15, -0.1) is 0 Å². The fraction of sp³-hybridized carbons (Fsp3) is 0.917. The first-order valence-electron chi connectivity index (χ1n) is 6.35. The van der Waals surface area contributed by atoms with E-state index in [-0.39, 0.29) is 0 Å². The van der Waals surface area contributed by atoms with Gasteiger partial charge in [-0.25, -0.2) is 0 Å². The van der Waals surface area contributed by atoms with Gasteiger partial charge in [0.25, 0.3) is 0 Å². The molecular weight excluding hydrogens is 206 g/mol. The van der Waals surface area contributed by atoms with Crippen LogP contribution in [0.4, 0.5) is 0 Å². The lowest BCUT2D eigenvalue weighted by Crippen LogP contribution is -2.43. The quantitative estimate of drug-likeness (QED) is 0.697. The highest BCUT2D eigenvalue weighted by Crippen LogP contribution is 2.28. The number of aliphatic hydroxyl groups is 1. The van der Waals surface area contributed by atoms with E-state index in [2.05, 4.69) is 0 Å². The fourth-order valence-electron chi connectivity index (χ4n) is 3.07. The Morgan fingerprint density at radius 1 is 1.12 bits per heavy atom. The second-order valence-electron chi connectivity index (χ2n) is 5.09. The number of aliphatic carboxylic acids is 1. The first-order valence-corrected chi connectivity index (χ1v) is 6.35. The summed E-state index contributed by atoms with van der Waals surface area (Å²) in [5, 5.41) is 18.8. The average molecular weight is 227 g/mol. The van der Waals surface area contributed by atoms with Crippen LogP contribution in [-0.2, 0) is 4.79 Å². The molecule has 4 heteroatoms. The summed E-state index contributed by atoms with van der Waals surface area (Å²) in [6.45, 7) is 0.543. The Kier molecular flexibility index (Phi) is 3.82. The normalized spacial score (nSPS) is 33.8. The van der Waals surface area contributed by atoms with Crippen LogP contribution in [0.2, 0.25) is 0 Å². The Bertz CT molecular complexity index is 249. The lowest BCUT2D eigenvalue weighted by atomic mass is 10.1. The van der Waals surface area contributed by atoms with E-state index in [0.717, 1.165) is 12.8 Å². The number of hydrogen-bond donors (Lipinski definition) is 2. The van der Waals surface area contributed by atoms with Gasteiger partial charge in [0, 0.05) is 19.0 Å². The molecular formula is C12H21NO3. The van der Waals surface area contributed by atoms with Gasteiger partial charge < -0.3 is 10.2 Å². The van der Waals surface area contributed by atoms with Crippen molar-refractivity contribution in [3.05, 3.63) is 0 Å². The molecule has 0 spiro atoms. The molecule has 0 amide bonds. The summed E-state index contributed by atoms with van der Waals surface area (Å²) in [4.78, 5) is 13.2. The highest BCUT2D eigenvalue weighted by atomic mass is 16.4. The largest absolute Gasteiger partial charge is 0.480 e. The van der Waals surface area contributed by atoms with Gasteiger partial charge in [0.15, 0.2) is 0 Å². The third kappa shape index (κ3) is 2.55. The topological polar surface area (TPSA) is 60.8 Å². The van der Waals surface area contributed by atoms with E-state index in [9.17, 15) is 9.90 Å². The van der Waals surface area contributed by atoms with Crippen LogP contribution in [0, 0.1) is 0 Å². The lowest BCUT2D eigenvalue weighted by molar-refractivity contribution is -0.143. The average Bonchev–Trinajstić information content (AvgIpc) is 2.49. The van der Waals surface area contributed by atoms with Crippen LogP contribution < -0.4 is 0 Å². The molecule has 16 heavy (non-hydrogen) atoms. The first kappa shape index (κ1) is 11.9. The van der Waals surface area contributed by atoms with Crippen LogP contribution >= 0.6 is 0 Å². The Labute approximate surface area is 96.3 Å². The minimum absolute atomic E-state index is 0.376. The summed E-state index contributed by atoms with van der Waals surface area (Å²) in [6, 6.07) is -0.0844. The fourth-order valence-corrected chi connectivity index (χ4v) is 3.07. The van der Waals surface area contributed by atoms with E-state index < -0.39 is 18.1 Å². The maximum Gasteiger partial charge on any atom is 0.321 e. The summed E-state index contributed by atoms with van der Waals surface area (Å²) in [5.41, 5.74) is 0. The molecule has 0 bridgehead atoms. The minimum Gasteiger partial charge on any atom is -0.480 e. The molecule has 0 radical (unpaired) electrons. The van der Waals surface area contributed by atoms with Crippen LogP contribution in [0.1, 0.15) is 44.9 Å². The molecule has 2 fully saturated rings. The van der Waals surface area contributed by atoms with E-state index in [4.69, 9.17) is 5.11 Å². The molecule has 2 atom stereocenters. The highest BCUT2D eigenvalue weighted by molar-refractivity contribution is 5.74. The van der Waals surface area contributed by atoms with Crippen LogP contribution in [0.3, 0.4) is 0 Å². The first-order chi connectivity index (χ1) is 7.68. The van der Waals surface area contributed by atoms with Crippen LogP contribution in [-0.4, -0.2) is 45.8 Å².